The summed E-state index contributed by atoms with van der Waals surface area (Å²) in [5.74, 6) is 0. The Morgan fingerprint density at radius 3 is 2.05 bits per heavy atom. The van der Waals surface area contributed by atoms with E-state index in [1.807, 2.05) is 6.07 Å². The molecule has 0 aliphatic rings. The highest BCUT2D eigenvalue weighted by Crippen LogP contribution is 2.44. The molecule has 0 aliphatic heterocycles. The van der Waals surface area contributed by atoms with Crippen molar-refractivity contribution in [1.82, 2.24) is 18.9 Å². The quantitative estimate of drug-likeness (QED) is 0.221. The molecule has 0 spiro atoms. The van der Waals surface area contributed by atoms with Crippen LogP contribution < -0.4 is 0 Å². The molecule has 0 radical (unpaired) electrons. The Morgan fingerprint density at radius 1 is 0.452 bits per heavy atom. The first kappa shape index (κ1) is 22.0. The number of nitrogens with zero attached hydrogens (tertiary/aromatic N) is 4. The summed E-state index contributed by atoms with van der Waals surface area (Å²) >= 11 is 0. The first-order chi connectivity index (χ1) is 20.8. The lowest BCUT2D eigenvalue weighted by Gasteiger charge is -2.07. The van der Waals surface area contributed by atoms with Gasteiger partial charge in [-0.3, -0.25) is 4.40 Å². The van der Waals surface area contributed by atoms with E-state index in [1.54, 1.807) is 0 Å². The van der Waals surface area contributed by atoms with Crippen LogP contribution in [-0.4, -0.2) is 18.9 Å². The molecule has 0 saturated heterocycles. The summed E-state index contributed by atoms with van der Waals surface area (Å²) in [6.07, 6.45) is 0. The molecule has 4 heteroatoms. The molecular formula is C38H22N4. The molecule has 0 bridgehead atoms. The lowest BCUT2D eigenvalue weighted by Crippen LogP contribution is -1.93. The van der Waals surface area contributed by atoms with Crippen molar-refractivity contribution in [2.75, 3.05) is 0 Å². The molecule has 4 nitrogen and oxygen atoms in total. The van der Waals surface area contributed by atoms with E-state index < -0.39 is 0 Å². The number of para-hydroxylation sites is 3. The van der Waals surface area contributed by atoms with Crippen LogP contribution in [0.15, 0.2) is 133 Å². The van der Waals surface area contributed by atoms with E-state index in [2.05, 4.69) is 136 Å². The lowest BCUT2D eigenvalue weighted by molar-refractivity contribution is 1.18. The fraction of sp³-hybridized carbons (Fsp3) is 0. The number of hydrogen-bond donors (Lipinski definition) is 0. The maximum absolute atomic E-state index is 5.29. The van der Waals surface area contributed by atoms with Crippen LogP contribution in [0, 0.1) is 0 Å². The van der Waals surface area contributed by atoms with E-state index in [0.717, 1.165) is 44.4 Å². The van der Waals surface area contributed by atoms with Crippen molar-refractivity contribution >= 4 is 71.2 Å². The maximum Gasteiger partial charge on any atom is 0.165 e. The van der Waals surface area contributed by atoms with Gasteiger partial charge in [0.2, 0.25) is 0 Å². The average molecular weight is 535 g/mol. The van der Waals surface area contributed by atoms with Gasteiger partial charge in [-0.1, -0.05) is 91.0 Å². The normalized spacial score (nSPS) is 12.3. The minimum Gasteiger partial charge on any atom is -0.309 e. The lowest BCUT2D eigenvalue weighted by atomic mass is 10.0. The van der Waals surface area contributed by atoms with Crippen molar-refractivity contribution in [3.8, 4) is 16.8 Å². The number of rotatable bonds is 2. The third-order valence-corrected chi connectivity index (χ3v) is 8.82. The molecule has 194 valence electrons. The first-order valence-electron chi connectivity index (χ1n) is 14.3. The summed E-state index contributed by atoms with van der Waals surface area (Å²) in [6.45, 7) is 0. The van der Waals surface area contributed by atoms with E-state index in [-0.39, 0.29) is 0 Å². The molecule has 0 N–H and O–H groups in total. The standard InChI is InChI=1S/C38H22N4/c1-3-10-23(11-4-1)24-18-19-29-30(22-24)40-38-36(39-29)28-16-9-15-27-35-33(42(38)37(27)28)21-20-32-34(35)26-14-7-8-17-31(26)41(32)25-12-5-2-6-13-25/h1-22H. The van der Waals surface area contributed by atoms with Gasteiger partial charge in [-0.05, 0) is 53.6 Å². The Balaban J connectivity index is 1.36. The third-order valence-electron chi connectivity index (χ3n) is 8.82. The van der Waals surface area contributed by atoms with E-state index in [9.17, 15) is 0 Å². The van der Waals surface area contributed by atoms with Crippen molar-refractivity contribution < 1.29 is 0 Å². The molecule has 4 aromatic heterocycles. The van der Waals surface area contributed by atoms with Gasteiger partial charge < -0.3 is 4.57 Å². The second kappa shape index (κ2) is 7.93. The van der Waals surface area contributed by atoms with Crippen molar-refractivity contribution in [3.63, 3.8) is 0 Å². The van der Waals surface area contributed by atoms with Crippen LogP contribution in [0.1, 0.15) is 0 Å². The smallest absolute Gasteiger partial charge is 0.165 e. The van der Waals surface area contributed by atoms with Gasteiger partial charge in [-0.2, -0.15) is 0 Å². The molecule has 0 unspecified atom stereocenters. The van der Waals surface area contributed by atoms with Crippen LogP contribution in [0.2, 0.25) is 0 Å². The SMILES string of the molecule is c1ccc(-c2ccc3nc4c5cccc6c7c8c9ccccc9n(-c9ccccc9)c8ccc7n(c4nc3c2)c56)cc1. The summed E-state index contributed by atoms with van der Waals surface area (Å²) in [6, 6.07) is 47.4. The minimum absolute atomic E-state index is 0.902. The second-order valence-corrected chi connectivity index (χ2v) is 11.0. The summed E-state index contributed by atoms with van der Waals surface area (Å²) < 4.78 is 4.72. The van der Waals surface area contributed by atoms with E-state index in [4.69, 9.17) is 9.97 Å². The maximum atomic E-state index is 5.29. The molecule has 42 heavy (non-hydrogen) atoms. The highest BCUT2D eigenvalue weighted by molar-refractivity contribution is 6.32. The highest BCUT2D eigenvalue weighted by Gasteiger charge is 2.23. The van der Waals surface area contributed by atoms with Crippen molar-refractivity contribution in [2.45, 2.75) is 0 Å². The van der Waals surface area contributed by atoms with Crippen molar-refractivity contribution in [3.05, 3.63) is 133 Å². The zero-order valence-corrected chi connectivity index (χ0v) is 22.5. The topological polar surface area (TPSA) is 35.1 Å². The predicted molar refractivity (Wildman–Crippen MR) is 174 cm³/mol. The van der Waals surface area contributed by atoms with Gasteiger partial charge in [0.25, 0.3) is 0 Å². The van der Waals surface area contributed by atoms with Gasteiger partial charge in [0.1, 0.15) is 5.52 Å². The molecule has 10 rings (SSSR count). The van der Waals surface area contributed by atoms with Gasteiger partial charge in [0.05, 0.1) is 33.1 Å². The molecule has 0 amide bonds. The van der Waals surface area contributed by atoms with Gasteiger partial charge in [-0.25, -0.2) is 9.97 Å². The fourth-order valence-corrected chi connectivity index (χ4v) is 7.07. The van der Waals surface area contributed by atoms with Crippen LogP contribution in [-0.2, 0) is 0 Å². The number of benzene rings is 6. The van der Waals surface area contributed by atoms with Crippen molar-refractivity contribution in [2.24, 2.45) is 0 Å². The zero-order valence-electron chi connectivity index (χ0n) is 22.5. The molecule has 0 saturated carbocycles. The Bertz CT molecular complexity index is 2660. The van der Waals surface area contributed by atoms with Crippen LogP contribution in [0.4, 0.5) is 0 Å². The van der Waals surface area contributed by atoms with E-state index >= 15 is 0 Å². The van der Waals surface area contributed by atoms with Crippen molar-refractivity contribution in [1.29, 1.82) is 0 Å². The van der Waals surface area contributed by atoms with Gasteiger partial charge in [0.15, 0.2) is 5.65 Å². The summed E-state index contributed by atoms with van der Waals surface area (Å²) in [4.78, 5) is 10.5. The third kappa shape index (κ3) is 2.76. The average Bonchev–Trinajstić information content (AvgIpc) is 3.69. The summed E-state index contributed by atoms with van der Waals surface area (Å²) in [5.41, 5.74) is 11.9. The molecule has 0 fully saturated rings. The molecule has 0 atom stereocenters. The van der Waals surface area contributed by atoms with Crippen LogP contribution >= 0.6 is 0 Å². The van der Waals surface area contributed by atoms with E-state index in [0.29, 0.717) is 0 Å². The zero-order chi connectivity index (χ0) is 27.4. The van der Waals surface area contributed by atoms with E-state index in [1.165, 1.54) is 43.7 Å². The summed E-state index contributed by atoms with van der Waals surface area (Å²) in [5, 5.41) is 6.17. The first-order valence-corrected chi connectivity index (χ1v) is 14.3. The molecule has 4 heterocycles. The number of aromatic nitrogens is 4. The van der Waals surface area contributed by atoms with Gasteiger partial charge in [-0.15, -0.1) is 0 Å². The Kier molecular flexibility index (Phi) is 4.15. The Morgan fingerprint density at radius 2 is 1.17 bits per heavy atom. The molecule has 6 aromatic carbocycles. The summed E-state index contributed by atoms with van der Waals surface area (Å²) in [7, 11) is 0. The molecule has 0 aliphatic carbocycles. The predicted octanol–water partition coefficient (Wildman–Crippen LogP) is 9.54. The van der Waals surface area contributed by atoms with Crippen LogP contribution in [0.3, 0.4) is 0 Å². The number of fused-ring (bicyclic) bond motifs is 11. The molecular weight excluding hydrogens is 512 g/mol. The monoisotopic (exact) mass is 534 g/mol. The minimum atomic E-state index is 0.902. The van der Waals surface area contributed by atoms with Crippen LogP contribution in [0.5, 0.6) is 0 Å². The Hall–Kier alpha value is -5.74. The number of hydrogen-bond acceptors (Lipinski definition) is 2. The largest absolute Gasteiger partial charge is 0.309 e. The molecule has 10 aromatic rings. The Labute approximate surface area is 240 Å². The highest BCUT2D eigenvalue weighted by atomic mass is 15.0. The fourth-order valence-electron chi connectivity index (χ4n) is 7.07. The van der Waals surface area contributed by atoms with Gasteiger partial charge in [0, 0.05) is 32.6 Å². The second-order valence-electron chi connectivity index (χ2n) is 11.0. The van der Waals surface area contributed by atoms with Crippen LogP contribution in [0.25, 0.3) is 88.0 Å². The van der Waals surface area contributed by atoms with Gasteiger partial charge >= 0.3 is 0 Å².